The molecule has 1 fully saturated rings. The first-order valence-electron chi connectivity index (χ1n) is 13.7. The second kappa shape index (κ2) is 13.9. The number of aromatic nitrogens is 2. The van der Waals surface area contributed by atoms with Crippen LogP contribution in [0.25, 0.3) is 10.9 Å². The van der Waals surface area contributed by atoms with Gasteiger partial charge in [0, 0.05) is 30.8 Å². The van der Waals surface area contributed by atoms with Crippen molar-refractivity contribution in [2.45, 2.75) is 72.1 Å². The molecular weight excluding hydrogens is 567 g/mol. The molecule has 1 aromatic heterocycles. The monoisotopic (exact) mass is 604 g/mol. The quantitative estimate of drug-likeness (QED) is 0.302. The van der Waals surface area contributed by atoms with Crippen LogP contribution in [0, 0.1) is 12.7 Å². The molecule has 0 radical (unpaired) electrons. The third kappa shape index (κ3) is 7.50. The minimum Gasteiger partial charge on any atom is -0.493 e. The van der Waals surface area contributed by atoms with E-state index in [0.717, 1.165) is 0 Å². The molecule has 0 spiro atoms. The third-order valence-corrected chi connectivity index (χ3v) is 6.86. The smallest absolute Gasteiger partial charge is 0.411 e. The molecule has 228 valence electrons. The molecule has 3 aromatic rings. The molecule has 12 heteroatoms. The van der Waals surface area contributed by atoms with Gasteiger partial charge in [0.05, 0.1) is 30.4 Å². The summed E-state index contributed by atoms with van der Waals surface area (Å²) in [5, 5.41) is 3.56. The number of nitrogens with one attached hydrogen (secondary N) is 1. The maximum Gasteiger partial charge on any atom is 0.411 e. The summed E-state index contributed by atoms with van der Waals surface area (Å²) < 4.78 is 37.1. The largest absolute Gasteiger partial charge is 0.493 e. The Balaban J connectivity index is 0.00000237. The molecule has 0 bridgehead atoms. The number of esters is 1. The Morgan fingerprint density at radius 3 is 2.48 bits per heavy atom. The molecule has 1 aliphatic rings. The van der Waals surface area contributed by atoms with Crippen LogP contribution in [0.15, 0.2) is 30.6 Å². The standard InChI is InChI=1S/C28H32ClFN4O6.C2H6/c1-15-7-8-18(24(30)23(15)29)33-25-17-12-22(21(37-5)13-19(17)31-14-32-25)39-16-9-10-34(20(11-16)26(35)38-6)27(36)40-28(2,3)4;1-2/h7-8,12-14,16,20H,9-11H2,1-6H3,(H,31,32,33);1-2H3. The summed E-state index contributed by atoms with van der Waals surface area (Å²) in [6.07, 6.45) is 0.907. The van der Waals surface area contributed by atoms with Crippen LogP contribution in [0.1, 0.15) is 53.0 Å². The summed E-state index contributed by atoms with van der Waals surface area (Å²) in [4.78, 5) is 35.4. The number of carbonyl (C=O) groups is 2. The summed E-state index contributed by atoms with van der Waals surface area (Å²) in [7, 11) is 2.77. The van der Waals surface area contributed by atoms with Crippen molar-refractivity contribution in [2.75, 3.05) is 26.1 Å². The highest BCUT2D eigenvalue weighted by atomic mass is 35.5. The molecule has 2 atom stereocenters. The number of ether oxygens (including phenoxy) is 4. The van der Waals surface area contributed by atoms with E-state index in [1.807, 2.05) is 13.8 Å². The number of rotatable bonds is 6. The fourth-order valence-electron chi connectivity index (χ4n) is 4.40. The summed E-state index contributed by atoms with van der Waals surface area (Å²) in [6.45, 7) is 11.2. The van der Waals surface area contributed by atoms with Crippen molar-refractivity contribution in [3.63, 3.8) is 0 Å². The van der Waals surface area contributed by atoms with Gasteiger partial charge in [-0.15, -0.1) is 0 Å². The van der Waals surface area contributed by atoms with Crippen molar-refractivity contribution >= 4 is 46.1 Å². The van der Waals surface area contributed by atoms with Gasteiger partial charge in [-0.2, -0.15) is 0 Å². The highest BCUT2D eigenvalue weighted by Gasteiger charge is 2.40. The van der Waals surface area contributed by atoms with Crippen molar-refractivity contribution in [2.24, 2.45) is 0 Å². The maximum absolute atomic E-state index is 14.8. The first-order valence-corrected chi connectivity index (χ1v) is 14.1. The van der Waals surface area contributed by atoms with E-state index < -0.39 is 35.6 Å². The molecule has 1 saturated heterocycles. The number of aryl methyl sites for hydroxylation is 1. The van der Waals surface area contributed by atoms with Gasteiger partial charge in [-0.25, -0.2) is 23.9 Å². The van der Waals surface area contributed by atoms with Crippen molar-refractivity contribution in [3.05, 3.63) is 47.0 Å². The number of likely N-dealkylation sites (tertiary alicyclic amines) is 1. The number of hydrogen-bond acceptors (Lipinski definition) is 9. The number of methoxy groups -OCH3 is 2. The van der Waals surface area contributed by atoms with Crippen LogP contribution in [-0.2, 0) is 14.3 Å². The summed E-state index contributed by atoms with van der Waals surface area (Å²) in [5.41, 5.74) is 0.585. The van der Waals surface area contributed by atoms with E-state index in [9.17, 15) is 14.0 Å². The number of amides is 1. The fraction of sp³-hybridized carbons (Fsp3) is 0.467. The van der Waals surface area contributed by atoms with E-state index in [0.29, 0.717) is 40.2 Å². The minimum absolute atomic E-state index is 0.0203. The van der Waals surface area contributed by atoms with E-state index in [-0.39, 0.29) is 23.7 Å². The zero-order chi connectivity index (χ0) is 31.2. The van der Waals surface area contributed by atoms with E-state index in [4.69, 9.17) is 30.5 Å². The number of fused-ring (bicyclic) bond motifs is 1. The summed E-state index contributed by atoms with van der Waals surface area (Å²) in [5.74, 6) is -0.0451. The molecule has 10 nitrogen and oxygen atoms in total. The molecule has 2 aromatic carbocycles. The molecule has 4 rings (SSSR count). The number of nitrogens with zero attached hydrogens (tertiary/aromatic N) is 3. The number of hydrogen-bond donors (Lipinski definition) is 1. The Bertz CT molecular complexity index is 1430. The zero-order valence-corrected chi connectivity index (χ0v) is 26.0. The predicted molar refractivity (Wildman–Crippen MR) is 159 cm³/mol. The van der Waals surface area contributed by atoms with Crippen LogP contribution in [-0.4, -0.2) is 65.4 Å². The van der Waals surface area contributed by atoms with Gasteiger partial charge >= 0.3 is 12.1 Å². The number of benzene rings is 2. The number of halogens is 2. The van der Waals surface area contributed by atoms with Crippen LogP contribution in [0.3, 0.4) is 0 Å². The van der Waals surface area contributed by atoms with Crippen LogP contribution in [0.4, 0.5) is 20.7 Å². The summed E-state index contributed by atoms with van der Waals surface area (Å²) >= 11 is 6.10. The fourth-order valence-corrected chi connectivity index (χ4v) is 4.57. The number of carbonyl (C=O) groups excluding carboxylic acids is 2. The van der Waals surface area contributed by atoms with Gasteiger partial charge in [-0.05, 0) is 45.4 Å². The average Bonchev–Trinajstić information content (AvgIpc) is 2.97. The molecule has 2 unspecified atom stereocenters. The maximum atomic E-state index is 14.8. The third-order valence-electron chi connectivity index (χ3n) is 6.40. The van der Waals surface area contributed by atoms with Gasteiger partial charge in [-0.1, -0.05) is 31.5 Å². The molecule has 2 heterocycles. The SMILES string of the molecule is CC.COC(=O)C1CC(Oc2cc3c(Nc4ccc(C)c(Cl)c4F)ncnc3cc2OC)CCN1C(=O)OC(C)(C)C. The lowest BCUT2D eigenvalue weighted by molar-refractivity contribution is -0.149. The topological polar surface area (TPSA) is 112 Å². The Morgan fingerprint density at radius 1 is 1.12 bits per heavy atom. The minimum atomic E-state index is -0.889. The molecule has 1 aliphatic heterocycles. The van der Waals surface area contributed by atoms with Crippen molar-refractivity contribution in [1.82, 2.24) is 14.9 Å². The van der Waals surface area contributed by atoms with Crippen molar-refractivity contribution in [3.8, 4) is 11.5 Å². The molecule has 1 amide bonds. The molecule has 1 N–H and O–H groups in total. The van der Waals surface area contributed by atoms with Crippen LogP contribution < -0.4 is 14.8 Å². The number of piperidine rings is 1. The average molecular weight is 605 g/mol. The van der Waals surface area contributed by atoms with Crippen molar-refractivity contribution in [1.29, 1.82) is 0 Å². The van der Waals surface area contributed by atoms with Crippen molar-refractivity contribution < 1.29 is 32.9 Å². The second-order valence-corrected chi connectivity index (χ2v) is 10.8. The first kappa shape index (κ1) is 32.7. The lowest BCUT2D eigenvalue weighted by Gasteiger charge is -2.38. The van der Waals surface area contributed by atoms with Gasteiger partial charge in [0.1, 0.15) is 29.9 Å². The molecule has 0 saturated carbocycles. The molecule has 42 heavy (non-hydrogen) atoms. The normalized spacial score (nSPS) is 16.7. The highest BCUT2D eigenvalue weighted by Crippen LogP contribution is 2.37. The summed E-state index contributed by atoms with van der Waals surface area (Å²) in [6, 6.07) is 5.77. The van der Waals surface area contributed by atoms with Gasteiger partial charge < -0.3 is 24.3 Å². The lowest BCUT2D eigenvalue weighted by atomic mass is 9.99. The Labute approximate surface area is 250 Å². The van der Waals surface area contributed by atoms with Crippen LogP contribution in [0.2, 0.25) is 5.02 Å². The van der Waals surface area contributed by atoms with Gasteiger partial charge in [-0.3, -0.25) is 4.90 Å². The zero-order valence-electron chi connectivity index (χ0n) is 25.2. The second-order valence-electron chi connectivity index (χ2n) is 10.4. The van der Waals surface area contributed by atoms with E-state index in [2.05, 4.69) is 15.3 Å². The Hall–Kier alpha value is -3.86. The lowest BCUT2D eigenvalue weighted by Crippen LogP contribution is -2.53. The van der Waals surface area contributed by atoms with Gasteiger partial charge in [0.25, 0.3) is 0 Å². The Kier molecular flexibility index (Phi) is 10.8. The number of anilines is 2. The Morgan fingerprint density at radius 2 is 1.83 bits per heavy atom. The van der Waals surface area contributed by atoms with E-state index >= 15 is 0 Å². The van der Waals surface area contributed by atoms with Gasteiger partial charge in [0.2, 0.25) is 0 Å². The van der Waals surface area contributed by atoms with Gasteiger partial charge in [0.15, 0.2) is 17.3 Å². The highest BCUT2D eigenvalue weighted by molar-refractivity contribution is 6.31. The predicted octanol–water partition coefficient (Wildman–Crippen LogP) is 6.83. The molecular formula is C30H38ClFN4O6. The van der Waals surface area contributed by atoms with E-state index in [1.165, 1.54) is 25.4 Å². The van der Waals surface area contributed by atoms with Crippen LogP contribution in [0.5, 0.6) is 11.5 Å². The molecule has 0 aliphatic carbocycles. The van der Waals surface area contributed by atoms with E-state index in [1.54, 1.807) is 52.0 Å². The van der Waals surface area contributed by atoms with Crippen LogP contribution >= 0.6 is 11.6 Å². The first-order chi connectivity index (χ1) is 19.9.